The van der Waals surface area contributed by atoms with Crippen molar-refractivity contribution < 1.29 is 12.9 Å². The van der Waals surface area contributed by atoms with E-state index in [4.69, 9.17) is 4.52 Å². The fraction of sp³-hybridized carbons (Fsp3) is 0.750. The number of nitrogens with zero attached hydrogens (tertiary/aromatic N) is 1. The fourth-order valence-corrected chi connectivity index (χ4v) is 3.70. The van der Waals surface area contributed by atoms with Crippen LogP contribution in [-0.2, 0) is 10.0 Å². The minimum Gasteiger partial charge on any atom is -0.360 e. The summed E-state index contributed by atoms with van der Waals surface area (Å²) in [6, 6.07) is 0. The second-order valence-electron chi connectivity index (χ2n) is 5.43. The number of hydrogen-bond acceptors (Lipinski definition) is 4. The number of aryl methyl sites for hydroxylation is 2. The van der Waals surface area contributed by atoms with Gasteiger partial charge in [-0.1, -0.05) is 34.9 Å². The van der Waals surface area contributed by atoms with Crippen LogP contribution in [0.4, 0.5) is 0 Å². The molecular weight excluding hydrogens is 332 g/mol. The average molecular weight is 353 g/mol. The van der Waals surface area contributed by atoms with E-state index in [-0.39, 0.29) is 10.3 Å². The Morgan fingerprint density at radius 1 is 1.37 bits per heavy atom. The molecule has 0 unspecified atom stereocenters. The number of aromatic nitrogens is 1. The van der Waals surface area contributed by atoms with Gasteiger partial charge in [-0.3, -0.25) is 0 Å². The zero-order chi connectivity index (χ0) is 14.7. The third-order valence-electron chi connectivity index (χ3n) is 2.96. The van der Waals surface area contributed by atoms with E-state index in [0.717, 1.165) is 18.2 Å². The van der Waals surface area contributed by atoms with Gasteiger partial charge in [0.05, 0.1) is 0 Å². The van der Waals surface area contributed by atoms with Crippen molar-refractivity contribution in [2.45, 2.75) is 45.4 Å². The molecule has 7 heteroatoms. The smallest absolute Gasteiger partial charge is 0.245 e. The molecule has 0 saturated carbocycles. The lowest BCUT2D eigenvalue weighted by Crippen LogP contribution is -2.34. The Balaban J connectivity index is 2.77. The van der Waals surface area contributed by atoms with Gasteiger partial charge in [0.25, 0.3) is 0 Å². The minimum atomic E-state index is -3.55. The molecule has 5 nitrogen and oxygen atoms in total. The van der Waals surface area contributed by atoms with Crippen LogP contribution in [0.2, 0.25) is 0 Å². The summed E-state index contributed by atoms with van der Waals surface area (Å²) < 4.78 is 32.0. The monoisotopic (exact) mass is 352 g/mol. The molecule has 0 atom stereocenters. The summed E-state index contributed by atoms with van der Waals surface area (Å²) in [4.78, 5) is 0.156. The molecule has 1 N–H and O–H groups in total. The van der Waals surface area contributed by atoms with Gasteiger partial charge < -0.3 is 4.52 Å². The largest absolute Gasteiger partial charge is 0.360 e. The van der Waals surface area contributed by atoms with E-state index in [1.807, 2.05) is 13.8 Å². The van der Waals surface area contributed by atoms with E-state index in [0.29, 0.717) is 18.0 Å². The maximum absolute atomic E-state index is 12.2. The summed E-state index contributed by atoms with van der Waals surface area (Å²) in [6.07, 6.45) is 1.96. The molecular formula is C12H21BrN2O3S. The van der Waals surface area contributed by atoms with Crippen LogP contribution < -0.4 is 4.72 Å². The van der Waals surface area contributed by atoms with Crippen LogP contribution >= 0.6 is 15.9 Å². The molecule has 1 aromatic rings. The predicted molar refractivity (Wildman–Crippen MR) is 78.0 cm³/mol. The van der Waals surface area contributed by atoms with Crippen LogP contribution in [0.1, 0.15) is 38.1 Å². The first-order valence-electron chi connectivity index (χ1n) is 6.18. The molecule has 0 saturated heterocycles. The van der Waals surface area contributed by atoms with E-state index in [1.54, 1.807) is 13.8 Å². The maximum Gasteiger partial charge on any atom is 0.245 e. The molecule has 110 valence electrons. The molecule has 1 heterocycles. The van der Waals surface area contributed by atoms with Crippen LogP contribution in [-0.4, -0.2) is 25.4 Å². The van der Waals surface area contributed by atoms with E-state index in [9.17, 15) is 8.42 Å². The molecule has 0 aromatic carbocycles. The summed E-state index contributed by atoms with van der Waals surface area (Å²) >= 11 is 3.38. The Hall–Kier alpha value is -0.400. The average Bonchev–Trinajstić information content (AvgIpc) is 2.65. The fourth-order valence-electron chi connectivity index (χ4n) is 1.85. The van der Waals surface area contributed by atoms with Crippen LogP contribution in [0.15, 0.2) is 9.42 Å². The summed E-state index contributed by atoms with van der Waals surface area (Å²) in [7, 11) is -3.55. The molecule has 0 fully saturated rings. The van der Waals surface area contributed by atoms with Crippen molar-refractivity contribution in [2.24, 2.45) is 5.41 Å². The van der Waals surface area contributed by atoms with Gasteiger partial charge in [0.1, 0.15) is 10.6 Å². The van der Waals surface area contributed by atoms with Crippen molar-refractivity contribution in [1.82, 2.24) is 9.88 Å². The van der Waals surface area contributed by atoms with Gasteiger partial charge in [-0.05, 0) is 32.1 Å². The van der Waals surface area contributed by atoms with E-state index >= 15 is 0 Å². The zero-order valence-electron chi connectivity index (χ0n) is 11.8. The lowest BCUT2D eigenvalue weighted by atomic mass is 9.88. The minimum absolute atomic E-state index is 0.0835. The van der Waals surface area contributed by atoms with Gasteiger partial charge in [-0.2, -0.15) is 0 Å². The molecule has 0 aliphatic carbocycles. The highest BCUT2D eigenvalue weighted by Gasteiger charge is 2.27. The van der Waals surface area contributed by atoms with Crippen molar-refractivity contribution in [2.75, 3.05) is 11.9 Å². The third kappa shape index (κ3) is 4.57. The normalized spacial score (nSPS) is 12.9. The number of nitrogens with one attached hydrogen (secondary N) is 1. The van der Waals surface area contributed by atoms with Crippen molar-refractivity contribution in [3.8, 4) is 0 Å². The number of rotatable bonds is 7. The maximum atomic E-state index is 12.2. The van der Waals surface area contributed by atoms with Crippen LogP contribution in [0, 0.1) is 19.3 Å². The third-order valence-corrected chi connectivity index (χ3v) is 5.17. The van der Waals surface area contributed by atoms with Gasteiger partial charge in [0.2, 0.25) is 10.0 Å². The SMILES string of the molecule is Cc1noc(C)c1S(=O)(=O)NCC(C)(C)CCCBr. The highest BCUT2D eigenvalue weighted by molar-refractivity contribution is 9.09. The number of hydrogen-bond donors (Lipinski definition) is 1. The molecule has 0 spiro atoms. The second kappa shape index (κ2) is 6.37. The predicted octanol–water partition coefficient (Wildman–Crippen LogP) is 2.77. The van der Waals surface area contributed by atoms with Gasteiger partial charge in [-0.15, -0.1) is 0 Å². The zero-order valence-corrected chi connectivity index (χ0v) is 14.2. The first-order valence-corrected chi connectivity index (χ1v) is 8.78. The summed E-state index contributed by atoms with van der Waals surface area (Å²) in [5, 5.41) is 4.60. The molecule has 19 heavy (non-hydrogen) atoms. The Morgan fingerprint density at radius 2 is 2.00 bits per heavy atom. The highest BCUT2D eigenvalue weighted by Crippen LogP contribution is 2.24. The van der Waals surface area contributed by atoms with E-state index in [2.05, 4.69) is 25.8 Å². The molecule has 0 amide bonds. The van der Waals surface area contributed by atoms with Crippen LogP contribution in [0.3, 0.4) is 0 Å². The molecule has 0 aliphatic rings. The summed E-state index contributed by atoms with van der Waals surface area (Å²) in [5.41, 5.74) is 0.308. The van der Waals surface area contributed by atoms with Gasteiger partial charge in [-0.25, -0.2) is 13.1 Å². The van der Waals surface area contributed by atoms with E-state index < -0.39 is 10.0 Å². The van der Waals surface area contributed by atoms with Crippen molar-refractivity contribution in [3.63, 3.8) is 0 Å². The Kier molecular flexibility index (Phi) is 5.58. The highest BCUT2D eigenvalue weighted by atomic mass is 79.9. The van der Waals surface area contributed by atoms with Crippen LogP contribution in [0.5, 0.6) is 0 Å². The van der Waals surface area contributed by atoms with Crippen molar-refractivity contribution >= 4 is 26.0 Å². The first kappa shape index (κ1) is 16.7. The molecule has 0 bridgehead atoms. The standard InChI is InChI=1S/C12H21BrN2O3S/c1-9-11(10(2)18-15-9)19(16,17)14-8-12(3,4)6-5-7-13/h14H,5-8H2,1-4H3. The quantitative estimate of drug-likeness (QED) is 0.765. The molecule has 1 rings (SSSR count). The number of halogens is 1. The summed E-state index contributed by atoms with van der Waals surface area (Å²) in [6.45, 7) is 7.72. The first-order chi connectivity index (χ1) is 8.69. The number of alkyl halides is 1. The Labute approximate surface area is 123 Å². The number of sulfonamides is 1. The molecule has 0 radical (unpaired) electrons. The Bertz CT molecular complexity index is 504. The van der Waals surface area contributed by atoms with Gasteiger partial charge >= 0.3 is 0 Å². The lowest BCUT2D eigenvalue weighted by molar-refractivity contribution is 0.332. The molecule has 1 aromatic heterocycles. The molecule has 0 aliphatic heterocycles. The van der Waals surface area contributed by atoms with Gasteiger partial charge in [0.15, 0.2) is 5.76 Å². The van der Waals surface area contributed by atoms with Gasteiger partial charge in [0, 0.05) is 11.9 Å². The Morgan fingerprint density at radius 3 is 2.47 bits per heavy atom. The van der Waals surface area contributed by atoms with E-state index in [1.165, 1.54) is 0 Å². The summed E-state index contributed by atoms with van der Waals surface area (Å²) in [5.74, 6) is 0.322. The van der Waals surface area contributed by atoms with Crippen molar-refractivity contribution in [3.05, 3.63) is 11.5 Å². The second-order valence-corrected chi connectivity index (χ2v) is 7.93. The van der Waals surface area contributed by atoms with Crippen molar-refractivity contribution in [1.29, 1.82) is 0 Å². The topological polar surface area (TPSA) is 72.2 Å². The van der Waals surface area contributed by atoms with Crippen LogP contribution in [0.25, 0.3) is 0 Å². The lowest BCUT2D eigenvalue weighted by Gasteiger charge is -2.24.